The maximum absolute atomic E-state index is 12.0. The molecule has 1 saturated carbocycles. The summed E-state index contributed by atoms with van der Waals surface area (Å²) in [5, 5.41) is 21.5. The number of amides is 1. The summed E-state index contributed by atoms with van der Waals surface area (Å²) in [4.78, 5) is 20.8. The molecule has 0 atom stereocenters. The zero-order valence-corrected chi connectivity index (χ0v) is 16.7. The molecule has 1 aliphatic carbocycles. The highest BCUT2D eigenvalue weighted by Gasteiger charge is 2.16. The zero-order chi connectivity index (χ0) is 21.1. The molecule has 0 spiro atoms. The molecule has 0 saturated heterocycles. The largest absolute Gasteiger partial charge is 0.443 e. The van der Waals surface area contributed by atoms with E-state index in [0.29, 0.717) is 33.9 Å². The third-order valence-corrected chi connectivity index (χ3v) is 4.90. The Morgan fingerprint density at radius 3 is 2.77 bits per heavy atom. The lowest BCUT2D eigenvalue weighted by Crippen LogP contribution is -2.18. The number of oxazole rings is 1. The van der Waals surface area contributed by atoms with Crippen molar-refractivity contribution < 1.29 is 14.3 Å². The Hall–Kier alpha value is -3.66. The number of anilines is 3. The van der Waals surface area contributed by atoms with Crippen LogP contribution in [0.1, 0.15) is 29.6 Å². The van der Waals surface area contributed by atoms with Crippen LogP contribution < -0.4 is 16.0 Å². The number of nitrogens with zero attached hydrogens (tertiary/aromatic N) is 4. The zero-order valence-electron chi connectivity index (χ0n) is 16.7. The van der Waals surface area contributed by atoms with Crippen LogP contribution in [0.3, 0.4) is 0 Å². The van der Waals surface area contributed by atoms with Gasteiger partial charge in [0.1, 0.15) is 22.7 Å². The van der Waals surface area contributed by atoms with Crippen LogP contribution in [0.5, 0.6) is 0 Å². The number of carbonyl (C=O) groups excluding carboxylic acids is 1. The molecule has 4 N–H and O–H groups in total. The fraction of sp³-hybridized carbons (Fsp3) is 0.300. The second kappa shape index (κ2) is 8.37. The van der Waals surface area contributed by atoms with Crippen molar-refractivity contribution in [3.05, 3.63) is 42.4 Å². The average Bonchev–Trinajstić information content (AvgIpc) is 3.39. The van der Waals surface area contributed by atoms with Gasteiger partial charge in [0.05, 0.1) is 18.0 Å². The minimum atomic E-state index is -0.250. The average molecular weight is 409 g/mol. The lowest BCUT2D eigenvalue weighted by atomic mass is 9.97. The maximum Gasteiger partial charge on any atom is 0.256 e. The highest BCUT2D eigenvalue weighted by atomic mass is 16.3. The normalized spacial score (nSPS) is 13.4. The number of benzene rings is 1. The Morgan fingerprint density at radius 2 is 2.10 bits per heavy atom. The van der Waals surface area contributed by atoms with Crippen LogP contribution in [0, 0.1) is 0 Å². The van der Waals surface area contributed by atoms with Crippen LogP contribution in [-0.2, 0) is 0 Å². The molecule has 0 radical (unpaired) electrons. The predicted octanol–water partition coefficient (Wildman–Crippen LogP) is 2.55. The first-order chi connectivity index (χ1) is 14.6. The fourth-order valence-corrected chi connectivity index (χ4v) is 3.01. The second-order valence-electron chi connectivity index (χ2n) is 6.86. The molecule has 5 rings (SSSR count). The van der Waals surface area contributed by atoms with Crippen molar-refractivity contribution in [1.29, 1.82) is 0 Å². The number of rotatable bonds is 4. The van der Waals surface area contributed by atoms with Crippen molar-refractivity contribution in [2.75, 3.05) is 24.7 Å². The van der Waals surface area contributed by atoms with E-state index in [9.17, 15) is 4.79 Å². The number of aromatic nitrogens is 4. The Kier molecular flexibility index (Phi) is 5.48. The van der Waals surface area contributed by atoms with E-state index in [4.69, 9.17) is 9.52 Å². The minimum absolute atomic E-state index is 0.0648. The number of aliphatic hydroxyl groups is 1. The van der Waals surface area contributed by atoms with Crippen molar-refractivity contribution >= 4 is 40.0 Å². The number of para-hydroxylation sites is 1. The Morgan fingerprint density at radius 1 is 1.30 bits per heavy atom. The highest BCUT2D eigenvalue weighted by Crippen LogP contribution is 2.26. The first-order valence-electron chi connectivity index (χ1n) is 9.66. The molecule has 30 heavy (non-hydrogen) atoms. The molecule has 3 aromatic heterocycles. The molecule has 10 heteroatoms. The van der Waals surface area contributed by atoms with Gasteiger partial charge in [-0.15, -0.1) is 0 Å². The van der Waals surface area contributed by atoms with Gasteiger partial charge >= 0.3 is 0 Å². The summed E-state index contributed by atoms with van der Waals surface area (Å²) in [6.45, 7) is 0. The van der Waals surface area contributed by atoms with Gasteiger partial charge in [-0.1, -0.05) is 6.07 Å². The van der Waals surface area contributed by atoms with Gasteiger partial charge in [-0.3, -0.25) is 4.79 Å². The van der Waals surface area contributed by atoms with Gasteiger partial charge in [0.25, 0.3) is 5.91 Å². The van der Waals surface area contributed by atoms with Crippen molar-refractivity contribution in [1.82, 2.24) is 24.9 Å². The van der Waals surface area contributed by atoms with Crippen LogP contribution in [0.2, 0.25) is 0 Å². The van der Waals surface area contributed by atoms with Crippen molar-refractivity contribution in [3.63, 3.8) is 0 Å². The van der Waals surface area contributed by atoms with Gasteiger partial charge in [-0.25, -0.2) is 9.97 Å². The summed E-state index contributed by atoms with van der Waals surface area (Å²) < 4.78 is 6.89. The molecule has 0 aliphatic heterocycles. The molecule has 156 valence electrons. The van der Waals surface area contributed by atoms with E-state index < -0.39 is 0 Å². The van der Waals surface area contributed by atoms with E-state index in [0.717, 1.165) is 18.5 Å². The summed E-state index contributed by atoms with van der Waals surface area (Å²) in [6.07, 6.45) is 6.27. The summed E-state index contributed by atoms with van der Waals surface area (Å²) in [6, 6.07) is 7.38. The fourth-order valence-electron chi connectivity index (χ4n) is 3.01. The summed E-state index contributed by atoms with van der Waals surface area (Å²) in [5.74, 6) is 0.994. The standard InChI is InChI=1S/C16H15N7O2.C4H8O/c1-17-13-6-12(21-10-4-3-5-11-14(10)19-8-25-11)22-15-9(16(24)18-2)7-20-23(13)15;5-4-2-1-3-4/h3-8,17H,1-2H3,(H,18,24)(H,21,22);4-5H,1-3H2. The molecule has 4 aromatic rings. The van der Waals surface area contributed by atoms with Crippen LogP contribution in [-0.4, -0.2) is 50.8 Å². The van der Waals surface area contributed by atoms with Crippen LogP contribution in [0.15, 0.2) is 41.3 Å². The van der Waals surface area contributed by atoms with Crippen molar-refractivity contribution in [2.24, 2.45) is 0 Å². The molecule has 1 aliphatic rings. The van der Waals surface area contributed by atoms with Gasteiger partial charge in [-0.05, 0) is 31.4 Å². The molecule has 10 nitrogen and oxygen atoms in total. The van der Waals surface area contributed by atoms with E-state index in [1.165, 1.54) is 19.0 Å². The lowest BCUT2D eigenvalue weighted by Gasteiger charge is -2.17. The van der Waals surface area contributed by atoms with E-state index in [1.807, 2.05) is 18.2 Å². The SMILES string of the molecule is CNC(=O)c1cnn2c(NC)cc(Nc3cccc4ocnc34)nc12.OC1CCC1. The van der Waals surface area contributed by atoms with E-state index in [2.05, 4.69) is 31.0 Å². The topological polar surface area (TPSA) is 130 Å². The van der Waals surface area contributed by atoms with Gasteiger partial charge in [0.2, 0.25) is 0 Å². The van der Waals surface area contributed by atoms with E-state index in [-0.39, 0.29) is 12.0 Å². The van der Waals surface area contributed by atoms with Crippen molar-refractivity contribution in [3.8, 4) is 0 Å². The molecular weight excluding hydrogens is 386 g/mol. The van der Waals surface area contributed by atoms with Gasteiger partial charge in [0, 0.05) is 20.2 Å². The first kappa shape index (κ1) is 19.6. The van der Waals surface area contributed by atoms with E-state index in [1.54, 1.807) is 24.7 Å². The van der Waals surface area contributed by atoms with Gasteiger partial charge in [0.15, 0.2) is 17.6 Å². The van der Waals surface area contributed by atoms with E-state index >= 15 is 0 Å². The molecule has 0 bridgehead atoms. The number of hydrogen-bond acceptors (Lipinski definition) is 8. The van der Waals surface area contributed by atoms with Crippen LogP contribution in [0.4, 0.5) is 17.3 Å². The Bertz CT molecular complexity index is 1180. The smallest absolute Gasteiger partial charge is 0.256 e. The lowest BCUT2D eigenvalue weighted by molar-refractivity contribution is 0.0948. The first-order valence-corrected chi connectivity index (χ1v) is 9.66. The van der Waals surface area contributed by atoms with Crippen LogP contribution >= 0.6 is 0 Å². The Balaban J connectivity index is 0.000000383. The van der Waals surface area contributed by atoms with Crippen molar-refractivity contribution in [2.45, 2.75) is 25.4 Å². The minimum Gasteiger partial charge on any atom is -0.443 e. The number of aliphatic hydroxyl groups excluding tert-OH is 1. The Labute approximate surface area is 172 Å². The maximum atomic E-state index is 12.0. The molecule has 1 amide bonds. The van der Waals surface area contributed by atoms with Gasteiger partial charge < -0.3 is 25.5 Å². The number of carbonyl (C=O) groups is 1. The molecule has 1 fully saturated rings. The van der Waals surface area contributed by atoms with Crippen LogP contribution in [0.25, 0.3) is 16.7 Å². The summed E-state index contributed by atoms with van der Waals surface area (Å²) in [5.41, 5.74) is 2.97. The molecule has 3 heterocycles. The quantitative estimate of drug-likeness (QED) is 0.405. The summed E-state index contributed by atoms with van der Waals surface area (Å²) in [7, 11) is 3.34. The third-order valence-electron chi connectivity index (χ3n) is 4.90. The molecular formula is C20H23N7O3. The monoisotopic (exact) mass is 409 g/mol. The van der Waals surface area contributed by atoms with Gasteiger partial charge in [-0.2, -0.15) is 9.61 Å². The second-order valence-corrected chi connectivity index (χ2v) is 6.86. The third kappa shape index (κ3) is 3.77. The molecule has 1 aromatic carbocycles. The molecule has 0 unspecified atom stereocenters. The predicted molar refractivity (Wildman–Crippen MR) is 113 cm³/mol. The summed E-state index contributed by atoms with van der Waals surface area (Å²) >= 11 is 0. The number of nitrogens with one attached hydrogen (secondary N) is 3. The number of fused-ring (bicyclic) bond motifs is 2. The highest BCUT2D eigenvalue weighted by molar-refractivity contribution is 6.00. The number of hydrogen-bond donors (Lipinski definition) is 4.